The molecular weight excluding hydrogens is 252 g/mol. The van der Waals surface area contributed by atoms with Crippen molar-refractivity contribution in [2.45, 2.75) is 77.6 Å². The molecule has 2 aliphatic heterocycles. The molecule has 0 aromatic heterocycles. The highest BCUT2D eigenvalue weighted by Gasteiger charge is 2.67. The maximum Gasteiger partial charge on any atom is 0.303 e. The Morgan fingerprint density at radius 2 is 2.00 bits per heavy atom. The van der Waals surface area contributed by atoms with Crippen molar-refractivity contribution in [2.24, 2.45) is 23.7 Å². The predicted octanol–water partition coefficient (Wildman–Crippen LogP) is 3.56. The molecule has 114 valence electrons. The fourth-order valence-electron chi connectivity index (χ4n) is 5.30. The van der Waals surface area contributed by atoms with Gasteiger partial charge in [0, 0.05) is 12.8 Å². The summed E-state index contributed by atoms with van der Waals surface area (Å²) in [4.78, 5) is 11.6. The summed E-state index contributed by atoms with van der Waals surface area (Å²) in [6, 6.07) is 0. The van der Waals surface area contributed by atoms with Gasteiger partial charge in [-0.2, -0.15) is 0 Å². The lowest BCUT2D eigenvalue weighted by Gasteiger charge is -2.53. The molecular formula is C17H28O3. The first-order chi connectivity index (χ1) is 9.30. The lowest BCUT2D eigenvalue weighted by atomic mass is 9.69. The van der Waals surface area contributed by atoms with Crippen LogP contribution in [0.15, 0.2) is 0 Å². The van der Waals surface area contributed by atoms with E-state index in [4.69, 9.17) is 9.47 Å². The molecule has 2 saturated heterocycles. The second kappa shape index (κ2) is 4.46. The standard InChI is InChI=1S/C17H28O3/c1-10(2)17-9-8-16(5,20-17)13-7-6-11(3)14(13)15(17)19-12(4)18/h10-11,13-15H,6-9H2,1-5H3. The van der Waals surface area contributed by atoms with Gasteiger partial charge in [-0.15, -0.1) is 0 Å². The van der Waals surface area contributed by atoms with Crippen molar-refractivity contribution >= 4 is 5.97 Å². The van der Waals surface area contributed by atoms with Crippen molar-refractivity contribution in [3.63, 3.8) is 0 Å². The minimum absolute atomic E-state index is 0.00363. The van der Waals surface area contributed by atoms with E-state index in [2.05, 4.69) is 27.7 Å². The number of hydrogen-bond acceptors (Lipinski definition) is 3. The Bertz CT molecular complexity index is 418. The molecule has 6 unspecified atom stereocenters. The molecule has 0 radical (unpaired) electrons. The van der Waals surface area contributed by atoms with Crippen LogP contribution < -0.4 is 0 Å². The minimum Gasteiger partial charge on any atom is -0.459 e. The Morgan fingerprint density at radius 3 is 2.60 bits per heavy atom. The first-order valence-corrected chi connectivity index (χ1v) is 8.17. The van der Waals surface area contributed by atoms with Crippen LogP contribution in [-0.2, 0) is 14.3 Å². The number of ether oxygens (including phenoxy) is 2. The van der Waals surface area contributed by atoms with E-state index in [1.165, 1.54) is 19.8 Å². The van der Waals surface area contributed by atoms with E-state index in [0.29, 0.717) is 23.7 Å². The maximum atomic E-state index is 11.6. The normalized spacial score (nSPS) is 50.3. The quantitative estimate of drug-likeness (QED) is 0.726. The average Bonchev–Trinajstić information content (AvgIpc) is 2.87. The number of rotatable bonds is 2. The number of fused-ring (bicyclic) bond motifs is 4. The molecule has 3 nitrogen and oxygen atoms in total. The van der Waals surface area contributed by atoms with Crippen LogP contribution in [0.2, 0.25) is 0 Å². The lowest BCUT2D eigenvalue weighted by Crippen LogP contribution is -2.61. The summed E-state index contributed by atoms with van der Waals surface area (Å²) >= 11 is 0. The number of carbonyl (C=O) groups excluding carboxylic acids is 1. The SMILES string of the molecule is CC(=O)OC1C2C(C)CCC2C2(C)CCC1(C(C)C)O2. The third-order valence-corrected chi connectivity index (χ3v) is 6.38. The van der Waals surface area contributed by atoms with Crippen molar-refractivity contribution in [3.05, 3.63) is 0 Å². The van der Waals surface area contributed by atoms with Gasteiger partial charge in [0.2, 0.25) is 0 Å². The smallest absolute Gasteiger partial charge is 0.303 e. The third kappa shape index (κ3) is 1.78. The molecule has 0 amide bonds. The van der Waals surface area contributed by atoms with Crippen molar-refractivity contribution in [1.82, 2.24) is 0 Å². The first kappa shape index (κ1) is 14.4. The number of hydrogen-bond donors (Lipinski definition) is 0. The van der Waals surface area contributed by atoms with E-state index >= 15 is 0 Å². The summed E-state index contributed by atoms with van der Waals surface area (Å²) in [7, 11) is 0. The summed E-state index contributed by atoms with van der Waals surface area (Å²) in [5.41, 5.74) is -0.267. The Kier molecular flexibility index (Phi) is 3.20. The number of carbonyl (C=O) groups is 1. The Balaban J connectivity index is 2.04. The molecule has 3 rings (SSSR count). The summed E-state index contributed by atoms with van der Waals surface area (Å²) < 4.78 is 12.5. The number of esters is 1. The molecule has 0 N–H and O–H groups in total. The summed E-state index contributed by atoms with van der Waals surface area (Å²) in [6.45, 7) is 10.6. The van der Waals surface area contributed by atoms with Gasteiger partial charge in [-0.3, -0.25) is 4.79 Å². The summed E-state index contributed by atoms with van der Waals surface area (Å²) in [5, 5.41) is 0. The molecule has 6 atom stereocenters. The first-order valence-electron chi connectivity index (χ1n) is 8.17. The van der Waals surface area contributed by atoms with Gasteiger partial charge in [-0.25, -0.2) is 0 Å². The van der Waals surface area contributed by atoms with Crippen LogP contribution in [0.4, 0.5) is 0 Å². The van der Waals surface area contributed by atoms with Gasteiger partial charge in [0.15, 0.2) is 0 Å². The molecule has 2 bridgehead atoms. The van der Waals surface area contributed by atoms with E-state index in [9.17, 15) is 4.79 Å². The molecule has 20 heavy (non-hydrogen) atoms. The summed E-state index contributed by atoms with van der Waals surface area (Å²) in [6.07, 6.45) is 4.53. The fourth-order valence-corrected chi connectivity index (χ4v) is 5.30. The van der Waals surface area contributed by atoms with Crippen molar-refractivity contribution in [2.75, 3.05) is 0 Å². The predicted molar refractivity (Wildman–Crippen MR) is 77.2 cm³/mol. The van der Waals surface area contributed by atoms with Crippen LogP contribution in [0.1, 0.15) is 60.3 Å². The Hall–Kier alpha value is -0.570. The van der Waals surface area contributed by atoms with Crippen LogP contribution in [0.5, 0.6) is 0 Å². The Morgan fingerprint density at radius 1 is 1.30 bits per heavy atom. The van der Waals surface area contributed by atoms with Crippen molar-refractivity contribution in [1.29, 1.82) is 0 Å². The van der Waals surface area contributed by atoms with Gasteiger partial charge in [0.05, 0.1) is 5.60 Å². The molecule has 3 fully saturated rings. The zero-order valence-electron chi connectivity index (χ0n) is 13.4. The fraction of sp³-hybridized carbons (Fsp3) is 0.941. The maximum absolute atomic E-state index is 11.6. The second-order valence-electron chi connectivity index (χ2n) is 7.79. The molecule has 0 spiro atoms. The van der Waals surface area contributed by atoms with Gasteiger partial charge in [0.1, 0.15) is 11.7 Å². The van der Waals surface area contributed by atoms with E-state index < -0.39 is 0 Å². The van der Waals surface area contributed by atoms with E-state index in [1.54, 1.807) is 0 Å². The molecule has 0 aromatic rings. The lowest BCUT2D eigenvalue weighted by molar-refractivity contribution is -0.258. The largest absolute Gasteiger partial charge is 0.459 e. The van der Waals surface area contributed by atoms with Crippen molar-refractivity contribution in [3.8, 4) is 0 Å². The summed E-state index contributed by atoms with van der Waals surface area (Å²) in [5.74, 6) is 1.87. The van der Waals surface area contributed by atoms with Crippen LogP contribution in [0.3, 0.4) is 0 Å². The van der Waals surface area contributed by atoms with Gasteiger partial charge < -0.3 is 9.47 Å². The zero-order valence-corrected chi connectivity index (χ0v) is 13.4. The third-order valence-electron chi connectivity index (χ3n) is 6.38. The molecule has 1 aliphatic carbocycles. The van der Waals surface area contributed by atoms with Crippen LogP contribution >= 0.6 is 0 Å². The monoisotopic (exact) mass is 280 g/mol. The minimum atomic E-state index is -0.264. The zero-order chi connectivity index (χ0) is 14.7. The highest BCUT2D eigenvalue weighted by atomic mass is 16.6. The highest BCUT2D eigenvalue weighted by molar-refractivity contribution is 5.66. The molecule has 3 heteroatoms. The van der Waals surface area contributed by atoms with Crippen molar-refractivity contribution < 1.29 is 14.3 Å². The second-order valence-corrected chi connectivity index (χ2v) is 7.79. The van der Waals surface area contributed by atoms with Gasteiger partial charge >= 0.3 is 5.97 Å². The molecule has 1 saturated carbocycles. The van der Waals surface area contributed by atoms with E-state index in [-0.39, 0.29) is 23.3 Å². The average molecular weight is 280 g/mol. The van der Waals surface area contributed by atoms with Gasteiger partial charge in [-0.1, -0.05) is 20.8 Å². The van der Waals surface area contributed by atoms with Gasteiger partial charge in [-0.05, 0) is 50.4 Å². The molecule has 2 heterocycles. The Labute approximate surface area is 122 Å². The van der Waals surface area contributed by atoms with Gasteiger partial charge in [0.25, 0.3) is 0 Å². The van der Waals surface area contributed by atoms with Crippen LogP contribution in [0.25, 0.3) is 0 Å². The topological polar surface area (TPSA) is 35.5 Å². The molecule has 0 aromatic carbocycles. The highest BCUT2D eigenvalue weighted by Crippen LogP contribution is 2.62. The van der Waals surface area contributed by atoms with Crippen LogP contribution in [0, 0.1) is 23.7 Å². The van der Waals surface area contributed by atoms with Crippen LogP contribution in [-0.4, -0.2) is 23.3 Å². The molecule has 3 aliphatic rings. The van der Waals surface area contributed by atoms with E-state index in [1.807, 2.05) is 0 Å². The van der Waals surface area contributed by atoms with E-state index in [0.717, 1.165) is 12.8 Å².